The van der Waals surface area contributed by atoms with Crippen molar-refractivity contribution >= 4 is 66.1 Å². The molecule has 0 amide bonds. The van der Waals surface area contributed by atoms with Gasteiger partial charge in [-0.05, 0) is 64.0 Å². The molecule has 2 aromatic carbocycles. The second-order valence-corrected chi connectivity index (χ2v) is 8.04. The fraction of sp³-hybridized carbons (Fsp3) is 0.200. The third kappa shape index (κ3) is 2.89. The standard InChI is InChI=1S/C15H10Br2ClIO/c16-9-1-2-13(19)11(6-9)14(17)12-7-10(18)5-8-3-4-20-15(8)12/h1-2,5-7,14H,3-4H2. The summed E-state index contributed by atoms with van der Waals surface area (Å²) in [7, 11) is 0. The summed E-state index contributed by atoms with van der Waals surface area (Å²) in [5, 5.41) is 0.763. The minimum absolute atomic E-state index is 0.0671. The van der Waals surface area contributed by atoms with Gasteiger partial charge in [0, 0.05) is 25.0 Å². The van der Waals surface area contributed by atoms with Crippen molar-refractivity contribution in [1.29, 1.82) is 0 Å². The van der Waals surface area contributed by atoms with E-state index in [4.69, 9.17) is 16.3 Å². The molecule has 1 aliphatic heterocycles. The molecule has 1 heterocycles. The summed E-state index contributed by atoms with van der Waals surface area (Å²) in [6.45, 7) is 0.734. The summed E-state index contributed by atoms with van der Waals surface area (Å²) >= 11 is 15.9. The summed E-state index contributed by atoms with van der Waals surface area (Å²) < 4.78 is 8.07. The van der Waals surface area contributed by atoms with E-state index in [1.807, 2.05) is 18.2 Å². The molecule has 1 unspecified atom stereocenters. The molecule has 3 rings (SSSR count). The first-order valence-corrected chi connectivity index (χ1v) is 9.27. The van der Waals surface area contributed by atoms with E-state index >= 15 is 0 Å². The molecule has 0 fully saturated rings. The van der Waals surface area contributed by atoms with Crippen molar-refractivity contribution < 1.29 is 4.74 Å². The lowest BCUT2D eigenvalue weighted by Crippen LogP contribution is -1.99. The average Bonchev–Trinajstić information content (AvgIpc) is 2.87. The van der Waals surface area contributed by atoms with E-state index in [0.29, 0.717) is 0 Å². The highest BCUT2D eigenvalue weighted by Crippen LogP contribution is 2.43. The number of alkyl halides is 1. The van der Waals surface area contributed by atoms with Gasteiger partial charge in [0.05, 0.1) is 11.4 Å². The van der Waals surface area contributed by atoms with E-state index in [2.05, 4.69) is 66.6 Å². The van der Waals surface area contributed by atoms with Crippen LogP contribution in [0, 0.1) is 3.57 Å². The van der Waals surface area contributed by atoms with Crippen LogP contribution in [0.5, 0.6) is 5.75 Å². The van der Waals surface area contributed by atoms with Gasteiger partial charge in [-0.25, -0.2) is 0 Å². The van der Waals surface area contributed by atoms with Crippen LogP contribution in [-0.4, -0.2) is 6.61 Å². The fourth-order valence-corrected chi connectivity index (χ4v) is 4.78. The molecule has 0 bridgehead atoms. The third-order valence-electron chi connectivity index (χ3n) is 3.28. The molecule has 0 spiro atoms. The molecule has 5 heteroatoms. The maximum atomic E-state index is 6.24. The average molecular weight is 528 g/mol. The van der Waals surface area contributed by atoms with Crippen molar-refractivity contribution in [3.63, 3.8) is 0 Å². The molecular formula is C15H10Br2ClIO. The predicted octanol–water partition coefficient (Wildman–Crippen LogP) is 6.13. The van der Waals surface area contributed by atoms with E-state index in [0.717, 1.165) is 33.8 Å². The summed E-state index contributed by atoms with van der Waals surface area (Å²) in [5.74, 6) is 0.979. The van der Waals surface area contributed by atoms with Gasteiger partial charge in [-0.3, -0.25) is 0 Å². The van der Waals surface area contributed by atoms with Crippen molar-refractivity contribution in [3.05, 3.63) is 60.1 Å². The number of hydrogen-bond donors (Lipinski definition) is 0. The van der Waals surface area contributed by atoms with Gasteiger partial charge in [-0.1, -0.05) is 43.5 Å². The van der Waals surface area contributed by atoms with Crippen LogP contribution in [0.2, 0.25) is 5.02 Å². The largest absolute Gasteiger partial charge is 0.493 e. The third-order valence-corrected chi connectivity index (χ3v) is 5.96. The van der Waals surface area contributed by atoms with E-state index < -0.39 is 0 Å². The van der Waals surface area contributed by atoms with Crippen molar-refractivity contribution in [3.8, 4) is 5.75 Å². The van der Waals surface area contributed by atoms with Gasteiger partial charge in [0.2, 0.25) is 0 Å². The van der Waals surface area contributed by atoms with Gasteiger partial charge in [0.15, 0.2) is 0 Å². The number of hydrogen-bond acceptors (Lipinski definition) is 1. The quantitative estimate of drug-likeness (QED) is 0.337. The van der Waals surface area contributed by atoms with Crippen molar-refractivity contribution in [1.82, 2.24) is 0 Å². The highest BCUT2D eigenvalue weighted by molar-refractivity contribution is 14.1. The summed E-state index contributed by atoms with van der Waals surface area (Å²) in [6, 6.07) is 10.3. The van der Waals surface area contributed by atoms with E-state index in [-0.39, 0.29) is 4.83 Å². The SMILES string of the molecule is Clc1cc2c(c(C(Br)c3cc(Br)ccc3I)c1)OCC2. The van der Waals surface area contributed by atoms with Crippen LogP contribution in [0.15, 0.2) is 34.8 Å². The molecule has 104 valence electrons. The maximum absolute atomic E-state index is 6.24. The zero-order valence-corrected chi connectivity index (χ0v) is 16.4. The second kappa shape index (κ2) is 6.15. The minimum Gasteiger partial charge on any atom is -0.493 e. The molecule has 0 saturated carbocycles. The van der Waals surface area contributed by atoms with Crippen LogP contribution in [0.25, 0.3) is 0 Å². The van der Waals surface area contributed by atoms with Crippen LogP contribution in [0.1, 0.15) is 21.5 Å². The Hall–Kier alpha value is 0.220. The lowest BCUT2D eigenvalue weighted by molar-refractivity contribution is 0.354. The topological polar surface area (TPSA) is 9.23 Å². The first-order valence-electron chi connectivity index (χ1n) is 6.10. The van der Waals surface area contributed by atoms with Gasteiger partial charge in [-0.15, -0.1) is 0 Å². The molecular weight excluding hydrogens is 518 g/mol. The highest BCUT2D eigenvalue weighted by Gasteiger charge is 2.24. The van der Waals surface area contributed by atoms with Gasteiger partial charge < -0.3 is 4.74 Å². The lowest BCUT2D eigenvalue weighted by atomic mass is 10.0. The first-order chi connectivity index (χ1) is 9.56. The zero-order valence-electron chi connectivity index (χ0n) is 10.3. The highest BCUT2D eigenvalue weighted by atomic mass is 127. The molecule has 1 aliphatic rings. The maximum Gasteiger partial charge on any atom is 0.127 e. The minimum atomic E-state index is 0.0671. The molecule has 0 aromatic heterocycles. The van der Waals surface area contributed by atoms with Gasteiger partial charge in [0.25, 0.3) is 0 Å². The van der Waals surface area contributed by atoms with Gasteiger partial charge >= 0.3 is 0 Å². The fourth-order valence-electron chi connectivity index (χ4n) is 2.36. The summed E-state index contributed by atoms with van der Waals surface area (Å²) in [6.07, 6.45) is 0.929. The number of fused-ring (bicyclic) bond motifs is 1. The normalized spacial score (nSPS) is 14.8. The second-order valence-electron chi connectivity index (χ2n) is 4.61. The molecule has 2 aromatic rings. The Bertz CT molecular complexity index is 675. The van der Waals surface area contributed by atoms with Gasteiger partial charge in [-0.2, -0.15) is 0 Å². The Balaban J connectivity index is 2.11. The first kappa shape index (κ1) is 15.1. The van der Waals surface area contributed by atoms with Crippen LogP contribution < -0.4 is 4.74 Å². The van der Waals surface area contributed by atoms with Crippen molar-refractivity contribution in [2.24, 2.45) is 0 Å². The van der Waals surface area contributed by atoms with E-state index in [9.17, 15) is 0 Å². The number of benzene rings is 2. The number of halogens is 4. The van der Waals surface area contributed by atoms with Crippen molar-refractivity contribution in [2.75, 3.05) is 6.61 Å². The Morgan fingerprint density at radius 3 is 2.80 bits per heavy atom. The lowest BCUT2D eigenvalue weighted by Gasteiger charge is -2.17. The Morgan fingerprint density at radius 2 is 2.00 bits per heavy atom. The van der Waals surface area contributed by atoms with Crippen molar-refractivity contribution in [2.45, 2.75) is 11.2 Å². The molecule has 1 atom stereocenters. The van der Waals surface area contributed by atoms with Crippen LogP contribution in [-0.2, 0) is 6.42 Å². The zero-order chi connectivity index (χ0) is 14.3. The molecule has 0 N–H and O–H groups in total. The summed E-state index contributed by atoms with van der Waals surface area (Å²) in [4.78, 5) is 0.0671. The van der Waals surface area contributed by atoms with Crippen LogP contribution in [0.3, 0.4) is 0 Å². The predicted molar refractivity (Wildman–Crippen MR) is 98.3 cm³/mol. The van der Waals surface area contributed by atoms with Crippen LogP contribution >= 0.6 is 66.1 Å². The summed E-state index contributed by atoms with van der Waals surface area (Å²) in [5.41, 5.74) is 3.50. The smallest absolute Gasteiger partial charge is 0.127 e. The number of ether oxygens (including phenoxy) is 1. The Morgan fingerprint density at radius 1 is 1.20 bits per heavy atom. The number of rotatable bonds is 2. The van der Waals surface area contributed by atoms with Crippen LogP contribution in [0.4, 0.5) is 0 Å². The van der Waals surface area contributed by atoms with E-state index in [1.54, 1.807) is 0 Å². The Labute approximate surface area is 153 Å². The molecule has 0 radical (unpaired) electrons. The van der Waals surface area contributed by atoms with Gasteiger partial charge in [0.1, 0.15) is 5.75 Å². The molecule has 0 aliphatic carbocycles. The van der Waals surface area contributed by atoms with E-state index in [1.165, 1.54) is 14.7 Å². The molecule has 0 saturated heterocycles. The molecule has 1 nitrogen and oxygen atoms in total. The molecule has 20 heavy (non-hydrogen) atoms. The monoisotopic (exact) mass is 526 g/mol. The Kier molecular flexibility index (Phi) is 4.65.